The number of nitrogens with zero attached hydrogens (tertiary/aromatic N) is 1. The molecule has 6 heteroatoms. The summed E-state index contributed by atoms with van der Waals surface area (Å²) in [4.78, 5) is 36.0. The normalized spacial score (nSPS) is 20.4. The molecule has 19 heavy (non-hydrogen) atoms. The highest BCUT2D eigenvalue weighted by molar-refractivity contribution is 5.89. The molecule has 0 bridgehead atoms. The molecule has 6 nitrogen and oxygen atoms in total. The van der Waals surface area contributed by atoms with E-state index in [2.05, 4.69) is 5.32 Å². The van der Waals surface area contributed by atoms with E-state index in [9.17, 15) is 14.4 Å². The van der Waals surface area contributed by atoms with E-state index in [-0.39, 0.29) is 36.6 Å². The first-order valence-electron chi connectivity index (χ1n) is 6.77. The van der Waals surface area contributed by atoms with Gasteiger partial charge in [-0.3, -0.25) is 14.4 Å². The lowest BCUT2D eigenvalue weighted by Crippen LogP contribution is -2.41. The average molecular weight is 270 g/mol. The molecule has 0 aliphatic carbocycles. The molecule has 0 radical (unpaired) electrons. The highest BCUT2D eigenvalue weighted by atomic mass is 16.4. The third kappa shape index (κ3) is 4.54. The zero-order chi connectivity index (χ0) is 14.4. The molecule has 2 atom stereocenters. The number of aliphatic carboxylic acids is 1. The Kier molecular flexibility index (Phi) is 5.79. The van der Waals surface area contributed by atoms with Crippen molar-refractivity contribution in [3.8, 4) is 0 Å². The molecule has 0 saturated carbocycles. The molecule has 1 fully saturated rings. The van der Waals surface area contributed by atoms with Gasteiger partial charge in [0, 0.05) is 25.6 Å². The minimum Gasteiger partial charge on any atom is -0.481 e. The second-order valence-electron chi connectivity index (χ2n) is 4.93. The van der Waals surface area contributed by atoms with Crippen LogP contribution in [0.15, 0.2) is 0 Å². The minimum atomic E-state index is -0.920. The lowest BCUT2D eigenvalue weighted by atomic mass is 10.0. The predicted octanol–water partition coefficient (Wildman–Crippen LogP) is 0.614. The average Bonchev–Trinajstić information content (AvgIpc) is 2.70. The molecule has 1 aliphatic heterocycles. The Morgan fingerprint density at radius 1 is 1.47 bits per heavy atom. The number of amides is 2. The van der Waals surface area contributed by atoms with Crippen molar-refractivity contribution in [1.82, 2.24) is 10.2 Å². The largest absolute Gasteiger partial charge is 0.481 e. The van der Waals surface area contributed by atoms with E-state index in [0.29, 0.717) is 19.5 Å². The first-order valence-corrected chi connectivity index (χ1v) is 6.77. The molecule has 2 amide bonds. The number of carbonyl (C=O) groups is 3. The maximum Gasteiger partial charge on any atom is 0.305 e. The number of hydrogen-bond donors (Lipinski definition) is 2. The summed E-state index contributed by atoms with van der Waals surface area (Å²) in [6.45, 7) is 4.87. The van der Waals surface area contributed by atoms with E-state index in [1.165, 1.54) is 0 Å². The topological polar surface area (TPSA) is 86.7 Å². The van der Waals surface area contributed by atoms with Gasteiger partial charge in [-0.2, -0.15) is 0 Å². The van der Waals surface area contributed by atoms with Crippen LogP contribution < -0.4 is 5.32 Å². The third-order valence-corrected chi connectivity index (χ3v) is 3.37. The Labute approximate surface area is 113 Å². The number of carboxylic acids is 1. The van der Waals surface area contributed by atoms with Crippen molar-refractivity contribution in [2.75, 3.05) is 13.1 Å². The van der Waals surface area contributed by atoms with Gasteiger partial charge in [0.2, 0.25) is 11.8 Å². The fraction of sp³-hybridized carbons (Fsp3) is 0.769. The van der Waals surface area contributed by atoms with Gasteiger partial charge in [0.05, 0.1) is 12.3 Å². The molecule has 2 N–H and O–H groups in total. The maximum absolute atomic E-state index is 12.0. The highest BCUT2D eigenvalue weighted by Crippen LogP contribution is 2.18. The number of likely N-dealkylation sites (tertiary alicyclic amines) is 1. The number of rotatable bonds is 7. The Bertz CT molecular complexity index is 357. The summed E-state index contributed by atoms with van der Waals surface area (Å²) in [6.07, 6.45) is 1.60. The molecule has 2 unspecified atom stereocenters. The maximum atomic E-state index is 12.0. The second-order valence-corrected chi connectivity index (χ2v) is 4.93. The van der Waals surface area contributed by atoms with Crippen LogP contribution in [0, 0.1) is 5.92 Å². The van der Waals surface area contributed by atoms with E-state index in [4.69, 9.17) is 5.11 Å². The van der Waals surface area contributed by atoms with Gasteiger partial charge in [-0.25, -0.2) is 0 Å². The van der Waals surface area contributed by atoms with Crippen molar-refractivity contribution in [2.24, 2.45) is 5.92 Å². The van der Waals surface area contributed by atoms with Crippen molar-refractivity contribution in [2.45, 2.75) is 45.6 Å². The smallest absolute Gasteiger partial charge is 0.305 e. The van der Waals surface area contributed by atoms with Crippen LogP contribution in [0.25, 0.3) is 0 Å². The number of carbonyl (C=O) groups excluding carboxylic acids is 2. The number of nitrogens with one attached hydrogen (secondary N) is 1. The molecule has 0 aromatic carbocycles. The quantitative estimate of drug-likeness (QED) is 0.710. The summed E-state index contributed by atoms with van der Waals surface area (Å²) in [7, 11) is 0. The molecule has 108 valence electrons. The fourth-order valence-corrected chi connectivity index (χ4v) is 2.36. The van der Waals surface area contributed by atoms with Crippen LogP contribution in [0.3, 0.4) is 0 Å². The van der Waals surface area contributed by atoms with Crippen LogP contribution >= 0.6 is 0 Å². The van der Waals surface area contributed by atoms with Gasteiger partial charge in [-0.1, -0.05) is 13.3 Å². The molecule has 1 saturated heterocycles. The predicted molar refractivity (Wildman–Crippen MR) is 69.5 cm³/mol. The summed E-state index contributed by atoms with van der Waals surface area (Å²) >= 11 is 0. The van der Waals surface area contributed by atoms with Gasteiger partial charge in [0.1, 0.15) is 0 Å². The highest BCUT2D eigenvalue weighted by Gasteiger charge is 2.34. The van der Waals surface area contributed by atoms with Crippen LogP contribution in [0.5, 0.6) is 0 Å². The Morgan fingerprint density at radius 2 is 2.16 bits per heavy atom. The van der Waals surface area contributed by atoms with Crippen molar-refractivity contribution >= 4 is 17.8 Å². The van der Waals surface area contributed by atoms with E-state index >= 15 is 0 Å². The zero-order valence-electron chi connectivity index (χ0n) is 11.5. The second kappa shape index (κ2) is 7.11. The van der Waals surface area contributed by atoms with Gasteiger partial charge >= 0.3 is 5.97 Å². The first kappa shape index (κ1) is 15.5. The van der Waals surface area contributed by atoms with Gasteiger partial charge in [-0.15, -0.1) is 0 Å². The van der Waals surface area contributed by atoms with Crippen LogP contribution in [0.1, 0.15) is 39.5 Å². The van der Waals surface area contributed by atoms with Gasteiger partial charge in [-0.05, 0) is 13.3 Å². The summed E-state index contributed by atoms with van der Waals surface area (Å²) < 4.78 is 0. The molecule has 1 aliphatic rings. The molecular weight excluding hydrogens is 248 g/mol. The lowest BCUT2D eigenvalue weighted by molar-refractivity contribution is -0.138. The molecule has 1 rings (SSSR count). The van der Waals surface area contributed by atoms with Crippen molar-refractivity contribution in [1.29, 1.82) is 0 Å². The summed E-state index contributed by atoms with van der Waals surface area (Å²) in [5, 5.41) is 11.6. The van der Waals surface area contributed by atoms with Crippen molar-refractivity contribution in [3.63, 3.8) is 0 Å². The molecular formula is C13H22N2O4. The Balaban J connectivity index is 2.53. The summed E-state index contributed by atoms with van der Waals surface area (Å²) in [5.74, 6) is -1.48. The SMILES string of the molecule is CCCC(CC(=O)O)NC(=O)C1CC(=O)N(CC)C1. The lowest BCUT2D eigenvalue weighted by Gasteiger charge is -2.19. The van der Waals surface area contributed by atoms with E-state index in [1.807, 2.05) is 13.8 Å². The summed E-state index contributed by atoms with van der Waals surface area (Å²) in [5.41, 5.74) is 0. The first-order chi connectivity index (χ1) is 8.97. The molecule has 1 heterocycles. The van der Waals surface area contributed by atoms with Gasteiger partial charge in [0.25, 0.3) is 0 Å². The van der Waals surface area contributed by atoms with Crippen LogP contribution in [-0.4, -0.2) is 46.9 Å². The minimum absolute atomic E-state index is 0.00655. The monoisotopic (exact) mass is 270 g/mol. The van der Waals surface area contributed by atoms with Crippen LogP contribution in [0.4, 0.5) is 0 Å². The zero-order valence-corrected chi connectivity index (χ0v) is 11.5. The fourth-order valence-electron chi connectivity index (χ4n) is 2.36. The number of hydrogen-bond acceptors (Lipinski definition) is 3. The Hall–Kier alpha value is -1.59. The Morgan fingerprint density at radius 3 is 2.63 bits per heavy atom. The standard InChI is InChI=1S/C13H22N2O4/c1-3-5-10(7-12(17)18)14-13(19)9-6-11(16)15(4-2)8-9/h9-10H,3-8H2,1-2H3,(H,14,19)(H,17,18). The van der Waals surface area contributed by atoms with E-state index in [0.717, 1.165) is 6.42 Å². The van der Waals surface area contributed by atoms with Crippen LogP contribution in [-0.2, 0) is 14.4 Å². The van der Waals surface area contributed by atoms with Gasteiger partial charge in [0.15, 0.2) is 0 Å². The van der Waals surface area contributed by atoms with Crippen molar-refractivity contribution < 1.29 is 19.5 Å². The van der Waals surface area contributed by atoms with Crippen LogP contribution in [0.2, 0.25) is 0 Å². The number of carboxylic acid groups (broad SMARTS) is 1. The summed E-state index contributed by atoms with van der Waals surface area (Å²) in [6, 6.07) is -0.347. The van der Waals surface area contributed by atoms with Crippen molar-refractivity contribution in [3.05, 3.63) is 0 Å². The van der Waals surface area contributed by atoms with E-state index < -0.39 is 5.97 Å². The molecule has 0 aromatic rings. The third-order valence-electron chi connectivity index (χ3n) is 3.37. The molecule has 0 aromatic heterocycles. The van der Waals surface area contributed by atoms with E-state index in [1.54, 1.807) is 4.90 Å². The molecule has 0 spiro atoms. The van der Waals surface area contributed by atoms with Gasteiger partial charge < -0.3 is 15.3 Å².